The molecular formula is C9H18N2O. The Bertz CT molecular complexity index is 155. The summed E-state index contributed by atoms with van der Waals surface area (Å²) in [5, 5.41) is 5.92. The van der Waals surface area contributed by atoms with Crippen molar-refractivity contribution in [2.75, 3.05) is 19.6 Å². The fourth-order valence-electron chi connectivity index (χ4n) is 0.717. The molecule has 0 aliphatic carbocycles. The lowest BCUT2D eigenvalue weighted by Crippen LogP contribution is -2.32. The fourth-order valence-corrected chi connectivity index (χ4v) is 0.717. The highest BCUT2D eigenvalue weighted by Gasteiger charge is 1.98. The lowest BCUT2D eigenvalue weighted by molar-refractivity contribution is -0.117. The number of amides is 1. The van der Waals surface area contributed by atoms with Crippen LogP contribution in [0.3, 0.4) is 0 Å². The molecule has 0 aliphatic rings. The number of hydrogen-bond donors (Lipinski definition) is 2. The topological polar surface area (TPSA) is 41.1 Å². The first-order valence-corrected chi connectivity index (χ1v) is 4.33. The average molecular weight is 170 g/mol. The standard InChI is InChI=1S/C9H18N2O/c1-4-5-10-6-7-11-9(12)8(2)3/h10H,2,4-7H2,1,3H3,(H,11,12). The zero-order valence-corrected chi connectivity index (χ0v) is 7.94. The second-order valence-electron chi connectivity index (χ2n) is 2.79. The van der Waals surface area contributed by atoms with Crippen LogP contribution in [0.5, 0.6) is 0 Å². The van der Waals surface area contributed by atoms with Crippen LogP contribution in [0.15, 0.2) is 12.2 Å². The SMILES string of the molecule is C=C(C)C(=O)NCCNCCC. The molecule has 0 radical (unpaired) electrons. The molecule has 0 aliphatic heterocycles. The van der Waals surface area contributed by atoms with Crippen LogP contribution in [-0.2, 0) is 4.79 Å². The molecule has 2 N–H and O–H groups in total. The first kappa shape index (κ1) is 11.2. The van der Waals surface area contributed by atoms with Gasteiger partial charge < -0.3 is 10.6 Å². The highest BCUT2D eigenvalue weighted by atomic mass is 16.1. The van der Waals surface area contributed by atoms with Crippen LogP contribution in [0.25, 0.3) is 0 Å². The Labute approximate surface area is 74.2 Å². The third-order valence-electron chi connectivity index (χ3n) is 1.40. The normalized spacial score (nSPS) is 9.50. The summed E-state index contributed by atoms with van der Waals surface area (Å²) in [6.07, 6.45) is 1.12. The van der Waals surface area contributed by atoms with E-state index >= 15 is 0 Å². The number of hydrogen-bond acceptors (Lipinski definition) is 2. The predicted molar refractivity (Wildman–Crippen MR) is 51.0 cm³/mol. The quantitative estimate of drug-likeness (QED) is 0.454. The molecule has 0 rings (SSSR count). The predicted octanol–water partition coefficient (Wildman–Crippen LogP) is 0.678. The minimum Gasteiger partial charge on any atom is -0.351 e. The maximum absolute atomic E-state index is 10.9. The van der Waals surface area contributed by atoms with E-state index in [2.05, 4.69) is 24.1 Å². The Morgan fingerprint density at radius 3 is 2.50 bits per heavy atom. The van der Waals surface area contributed by atoms with Crippen LogP contribution in [0, 0.1) is 0 Å². The largest absolute Gasteiger partial charge is 0.351 e. The summed E-state index contributed by atoms with van der Waals surface area (Å²) in [7, 11) is 0. The average Bonchev–Trinajstić information content (AvgIpc) is 2.03. The number of carbonyl (C=O) groups excluding carboxylic acids is 1. The van der Waals surface area contributed by atoms with Crippen LogP contribution in [0.4, 0.5) is 0 Å². The van der Waals surface area contributed by atoms with Gasteiger partial charge in [-0.15, -0.1) is 0 Å². The molecule has 0 spiro atoms. The molecule has 0 bridgehead atoms. The van der Waals surface area contributed by atoms with Gasteiger partial charge in [0.2, 0.25) is 5.91 Å². The number of carbonyl (C=O) groups is 1. The molecule has 0 aromatic carbocycles. The zero-order chi connectivity index (χ0) is 9.40. The number of nitrogens with one attached hydrogen (secondary N) is 2. The van der Waals surface area contributed by atoms with Crippen LogP contribution in [0.2, 0.25) is 0 Å². The van der Waals surface area contributed by atoms with E-state index in [1.54, 1.807) is 6.92 Å². The summed E-state index contributed by atoms with van der Waals surface area (Å²) in [5.74, 6) is -0.0618. The molecule has 70 valence electrons. The third kappa shape index (κ3) is 5.92. The van der Waals surface area contributed by atoms with Crippen LogP contribution in [0.1, 0.15) is 20.3 Å². The van der Waals surface area contributed by atoms with Crippen molar-refractivity contribution in [3.05, 3.63) is 12.2 Å². The molecule has 0 aromatic rings. The smallest absolute Gasteiger partial charge is 0.246 e. The van der Waals surface area contributed by atoms with Gasteiger partial charge in [-0.2, -0.15) is 0 Å². The molecule has 0 fully saturated rings. The number of rotatable bonds is 6. The summed E-state index contributed by atoms with van der Waals surface area (Å²) >= 11 is 0. The molecule has 0 aromatic heterocycles. The van der Waals surface area contributed by atoms with Crippen molar-refractivity contribution < 1.29 is 4.79 Å². The minimum absolute atomic E-state index is 0.0618. The Hall–Kier alpha value is -0.830. The molecule has 0 unspecified atom stereocenters. The summed E-state index contributed by atoms with van der Waals surface area (Å²) < 4.78 is 0. The van der Waals surface area contributed by atoms with E-state index in [1.165, 1.54) is 0 Å². The summed E-state index contributed by atoms with van der Waals surface area (Å²) in [6.45, 7) is 9.85. The van der Waals surface area contributed by atoms with E-state index < -0.39 is 0 Å². The summed E-state index contributed by atoms with van der Waals surface area (Å²) in [5.41, 5.74) is 0.561. The molecule has 0 heterocycles. The summed E-state index contributed by atoms with van der Waals surface area (Å²) in [6, 6.07) is 0. The highest BCUT2D eigenvalue weighted by molar-refractivity contribution is 5.92. The van der Waals surface area contributed by atoms with Gasteiger partial charge in [-0.1, -0.05) is 13.5 Å². The first-order valence-electron chi connectivity index (χ1n) is 4.33. The van der Waals surface area contributed by atoms with E-state index in [-0.39, 0.29) is 5.91 Å². The Morgan fingerprint density at radius 2 is 2.00 bits per heavy atom. The van der Waals surface area contributed by atoms with Gasteiger partial charge in [0.05, 0.1) is 0 Å². The van der Waals surface area contributed by atoms with Crippen molar-refractivity contribution >= 4 is 5.91 Å². The van der Waals surface area contributed by atoms with Gasteiger partial charge in [0.1, 0.15) is 0 Å². The maximum atomic E-state index is 10.9. The van der Waals surface area contributed by atoms with Gasteiger partial charge in [0.25, 0.3) is 0 Å². The van der Waals surface area contributed by atoms with Crippen molar-refractivity contribution in [3.8, 4) is 0 Å². The lowest BCUT2D eigenvalue weighted by atomic mass is 10.3. The highest BCUT2D eigenvalue weighted by Crippen LogP contribution is 1.83. The molecule has 0 saturated heterocycles. The Balaban J connectivity index is 3.20. The molecule has 1 amide bonds. The van der Waals surface area contributed by atoms with Crippen LogP contribution >= 0.6 is 0 Å². The van der Waals surface area contributed by atoms with Crippen LogP contribution < -0.4 is 10.6 Å². The minimum atomic E-state index is -0.0618. The Kier molecular flexibility index (Phi) is 6.38. The van der Waals surface area contributed by atoms with Gasteiger partial charge in [-0.25, -0.2) is 0 Å². The van der Waals surface area contributed by atoms with Gasteiger partial charge in [-0.05, 0) is 19.9 Å². The van der Waals surface area contributed by atoms with Crippen molar-refractivity contribution in [3.63, 3.8) is 0 Å². The maximum Gasteiger partial charge on any atom is 0.246 e. The van der Waals surface area contributed by atoms with Crippen LogP contribution in [-0.4, -0.2) is 25.5 Å². The van der Waals surface area contributed by atoms with Gasteiger partial charge in [-0.3, -0.25) is 4.79 Å². The van der Waals surface area contributed by atoms with Gasteiger partial charge in [0, 0.05) is 18.7 Å². The molecule has 3 nitrogen and oxygen atoms in total. The van der Waals surface area contributed by atoms with E-state index in [9.17, 15) is 4.79 Å². The summed E-state index contributed by atoms with van der Waals surface area (Å²) in [4.78, 5) is 10.9. The zero-order valence-electron chi connectivity index (χ0n) is 7.94. The second kappa shape index (κ2) is 6.85. The Morgan fingerprint density at radius 1 is 1.33 bits per heavy atom. The molecule has 0 saturated carbocycles. The monoisotopic (exact) mass is 170 g/mol. The van der Waals surface area contributed by atoms with E-state index in [4.69, 9.17) is 0 Å². The van der Waals surface area contributed by atoms with Gasteiger partial charge >= 0.3 is 0 Å². The van der Waals surface area contributed by atoms with Crippen molar-refractivity contribution in [2.24, 2.45) is 0 Å². The van der Waals surface area contributed by atoms with E-state index in [0.29, 0.717) is 12.1 Å². The molecule has 3 heteroatoms. The lowest BCUT2D eigenvalue weighted by Gasteiger charge is -2.04. The third-order valence-corrected chi connectivity index (χ3v) is 1.40. The van der Waals surface area contributed by atoms with E-state index in [1.807, 2.05) is 0 Å². The van der Waals surface area contributed by atoms with Crippen molar-refractivity contribution in [1.29, 1.82) is 0 Å². The fraction of sp³-hybridized carbons (Fsp3) is 0.667. The van der Waals surface area contributed by atoms with Gasteiger partial charge in [0.15, 0.2) is 0 Å². The first-order chi connectivity index (χ1) is 5.68. The molecule has 12 heavy (non-hydrogen) atoms. The van der Waals surface area contributed by atoms with E-state index in [0.717, 1.165) is 19.5 Å². The molecule has 0 atom stereocenters. The molecular weight excluding hydrogens is 152 g/mol. The second-order valence-corrected chi connectivity index (χ2v) is 2.79. The van der Waals surface area contributed by atoms with Crippen molar-refractivity contribution in [1.82, 2.24) is 10.6 Å². The van der Waals surface area contributed by atoms with Crippen molar-refractivity contribution in [2.45, 2.75) is 20.3 Å².